The van der Waals surface area contributed by atoms with Crippen LogP contribution in [-0.4, -0.2) is 12.5 Å². The quantitative estimate of drug-likeness (QED) is 0.444. The third-order valence-electron chi connectivity index (χ3n) is 5.12. The van der Waals surface area contributed by atoms with Gasteiger partial charge < -0.3 is 10.6 Å². The van der Waals surface area contributed by atoms with Crippen molar-refractivity contribution >= 4 is 17.2 Å². The Hall–Kier alpha value is -3.21. The van der Waals surface area contributed by atoms with Crippen molar-refractivity contribution < 1.29 is 10.1 Å². The fraction of sp³-hybridized carbons (Fsp3) is 0.115. The fourth-order valence-electron chi connectivity index (χ4n) is 3.65. The summed E-state index contributed by atoms with van der Waals surface area (Å²) >= 11 is 1.66. The molecule has 0 aliphatic heterocycles. The Labute approximate surface area is 181 Å². The zero-order chi connectivity index (χ0) is 20.6. The van der Waals surface area contributed by atoms with Crippen molar-refractivity contribution in [2.75, 3.05) is 6.54 Å². The van der Waals surface area contributed by atoms with Crippen LogP contribution in [0.25, 0.3) is 0 Å². The molecule has 0 aliphatic rings. The van der Waals surface area contributed by atoms with Crippen LogP contribution in [0, 0.1) is 0 Å². The summed E-state index contributed by atoms with van der Waals surface area (Å²) in [6.45, 7) is 0.350. The number of carbonyl (C=O) groups excluding carboxylic acids is 1. The van der Waals surface area contributed by atoms with E-state index in [4.69, 9.17) is 0 Å². The van der Waals surface area contributed by atoms with Crippen LogP contribution >= 0.6 is 11.3 Å². The van der Waals surface area contributed by atoms with Gasteiger partial charge >= 0.3 is 0 Å². The number of hydrogen-bond acceptors (Lipinski definition) is 2. The Bertz CT molecular complexity index is 995. The van der Waals surface area contributed by atoms with Crippen molar-refractivity contribution in [3.8, 4) is 0 Å². The molecule has 1 atom stereocenters. The maximum atomic E-state index is 13.0. The van der Waals surface area contributed by atoms with Crippen LogP contribution in [0.5, 0.6) is 0 Å². The second-order valence-corrected chi connectivity index (χ2v) is 8.14. The van der Waals surface area contributed by atoms with Gasteiger partial charge in [-0.15, -0.1) is 11.3 Å². The molecule has 1 aromatic heterocycles. The van der Waals surface area contributed by atoms with E-state index >= 15 is 0 Å². The number of thiophene rings is 1. The highest BCUT2D eigenvalue weighted by molar-refractivity contribution is 7.10. The molecule has 4 aromatic rings. The van der Waals surface area contributed by atoms with Gasteiger partial charge in [0.1, 0.15) is 6.04 Å². The summed E-state index contributed by atoms with van der Waals surface area (Å²) in [5, 5.41) is 7.39. The lowest BCUT2D eigenvalue weighted by atomic mass is 9.99. The summed E-state index contributed by atoms with van der Waals surface area (Å²) in [5.41, 5.74) is 3.47. The normalized spacial score (nSPS) is 11.9. The number of nitrogens with one attached hydrogen (secondary N) is 1. The number of hydrogen-bond donors (Lipinski definition) is 2. The van der Waals surface area contributed by atoms with Crippen LogP contribution in [0.4, 0.5) is 0 Å². The average Bonchev–Trinajstić information content (AvgIpc) is 3.34. The van der Waals surface area contributed by atoms with Gasteiger partial charge in [-0.05, 0) is 17.0 Å². The van der Waals surface area contributed by atoms with Gasteiger partial charge in [-0.3, -0.25) is 4.79 Å². The molecule has 3 aromatic carbocycles. The van der Waals surface area contributed by atoms with Crippen LogP contribution in [0.3, 0.4) is 0 Å². The third kappa shape index (κ3) is 5.03. The Morgan fingerprint density at radius 2 is 1.27 bits per heavy atom. The Balaban J connectivity index is 1.49. The third-order valence-corrected chi connectivity index (χ3v) is 6.06. The molecule has 0 bridgehead atoms. The molecule has 0 saturated heterocycles. The maximum Gasteiger partial charge on any atom is 0.275 e. The summed E-state index contributed by atoms with van der Waals surface area (Å²) in [6, 6.07) is 34.9. The van der Waals surface area contributed by atoms with Gasteiger partial charge in [-0.1, -0.05) is 97.1 Å². The van der Waals surface area contributed by atoms with Gasteiger partial charge in [0, 0.05) is 16.0 Å². The van der Waals surface area contributed by atoms with Crippen molar-refractivity contribution in [2.45, 2.75) is 12.1 Å². The first-order chi connectivity index (χ1) is 14.8. The predicted octanol–water partition coefficient (Wildman–Crippen LogP) is 4.31. The minimum absolute atomic E-state index is 0.0223. The Morgan fingerprint density at radius 1 is 0.733 bits per heavy atom. The largest absolute Gasteiger partial charge is 0.339 e. The van der Waals surface area contributed by atoms with E-state index in [1.807, 2.05) is 66.0 Å². The van der Waals surface area contributed by atoms with Crippen LogP contribution in [0.1, 0.15) is 33.7 Å². The first-order valence-corrected chi connectivity index (χ1v) is 11.0. The number of carbonyl (C=O) groups is 1. The van der Waals surface area contributed by atoms with E-state index < -0.39 is 0 Å². The zero-order valence-corrected chi connectivity index (χ0v) is 17.5. The number of rotatable bonds is 8. The maximum absolute atomic E-state index is 13.0. The monoisotopic (exact) mass is 413 g/mol. The molecule has 30 heavy (non-hydrogen) atoms. The molecule has 1 amide bonds. The van der Waals surface area contributed by atoms with Gasteiger partial charge in [0.05, 0.1) is 6.04 Å². The van der Waals surface area contributed by atoms with Crippen molar-refractivity contribution in [2.24, 2.45) is 0 Å². The van der Waals surface area contributed by atoms with Crippen molar-refractivity contribution in [3.05, 3.63) is 130 Å². The summed E-state index contributed by atoms with van der Waals surface area (Å²) in [4.78, 5) is 14.1. The number of benzene rings is 3. The lowest BCUT2D eigenvalue weighted by molar-refractivity contribution is -0.676. The first-order valence-electron chi connectivity index (χ1n) is 10.1. The number of quaternary nitrogens is 1. The molecule has 3 nitrogen and oxygen atoms in total. The standard InChI is InChI=1S/C26H24N2OS/c29-24(28-26(23-17-10-18-30-23)22-15-8-3-9-16-22)19-27-25(20-11-4-1-5-12-20)21-13-6-2-7-14-21/h1-18,25-27H,19H2,(H,28,29)/p+1/t26-/m1/s1. The van der Waals surface area contributed by atoms with Crippen molar-refractivity contribution in [1.82, 2.24) is 5.32 Å². The zero-order valence-electron chi connectivity index (χ0n) is 16.6. The summed E-state index contributed by atoms with van der Waals surface area (Å²) < 4.78 is 0. The highest BCUT2D eigenvalue weighted by atomic mass is 32.1. The lowest BCUT2D eigenvalue weighted by Gasteiger charge is -2.20. The predicted molar refractivity (Wildman–Crippen MR) is 122 cm³/mol. The van der Waals surface area contributed by atoms with Crippen molar-refractivity contribution in [3.63, 3.8) is 0 Å². The van der Waals surface area contributed by atoms with Crippen molar-refractivity contribution in [1.29, 1.82) is 0 Å². The van der Waals surface area contributed by atoms with Crippen LogP contribution in [-0.2, 0) is 4.79 Å². The second kappa shape index (κ2) is 10.0. The van der Waals surface area contributed by atoms with Gasteiger partial charge in [0.2, 0.25) is 0 Å². The molecule has 4 rings (SSSR count). The molecule has 0 unspecified atom stereocenters. The van der Waals surface area contributed by atoms with Gasteiger partial charge in [0.25, 0.3) is 5.91 Å². The molecule has 0 radical (unpaired) electrons. The smallest absolute Gasteiger partial charge is 0.275 e. The molecule has 0 spiro atoms. The van der Waals surface area contributed by atoms with E-state index in [-0.39, 0.29) is 18.0 Å². The molecule has 0 aliphatic carbocycles. The highest BCUT2D eigenvalue weighted by Gasteiger charge is 2.22. The van der Waals surface area contributed by atoms with E-state index in [1.54, 1.807) is 11.3 Å². The van der Waals surface area contributed by atoms with Crippen LogP contribution in [0.2, 0.25) is 0 Å². The molecular weight excluding hydrogens is 388 g/mol. The molecule has 3 N–H and O–H groups in total. The van der Waals surface area contributed by atoms with Gasteiger partial charge in [-0.25, -0.2) is 0 Å². The molecule has 1 heterocycles. The van der Waals surface area contributed by atoms with E-state index in [2.05, 4.69) is 53.1 Å². The average molecular weight is 414 g/mol. The summed E-state index contributed by atoms with van der Waals surface area (Å²) in [7, 11) is 0. The molecular formula is C26H25N2OS+. The SMILES string of the molecule is O=C(C[NH2+]C(c1ccccc1)c1ccccc1)N[C@H](c1ccccc1)c1cccs1. The number of amides is 1. The van der Waals surface area contributed by atoms with E-state index in [0.717, 1.165) is 10.4 Å². The minimum atomic E-state index is -0.126. The lowest BCUT2D eigenvalue weighted by Crippen LogP contribution is -2.87. The van der Waals surface area contributed by atoms with E-state index in [1.165, 1.54) is 11.1 Å². The van der Waals surface area contributed by atoms with Crippen LogP contribution < -0.4 is 10.6 Å². The first kappa shape index (κ1) is 20.1. The topological polar surface area (TPSA) is 45.7 Å². The van der Waals surface area contributed by atoms with Gasteiger partial charge in [-0.2, -0.15) is 0 Å². The van der Waals surface area contributed by atoms with Crippen LogP contribution in [0.15, 0.2) is 109 Å². The van der Waals surface area contributed by atoms with E-state index in [0.29, 0.717) is 6.54 Å². The highest BCUT2D eigenvalue weighted by Crippen LogP contribution is 2.25. The Morgan fingerprint density at radius 3 is 1.77 bits per heavy atom. The molecule has 0 saturated carbocycles. The molecule has 0 fully saturated rings. The fourth-order valence-corrected chi connectivity index (χ4v) is 4.45. The minimum Gasteiger partial charge on any atom is -0.339 e. The van der Waals surface area contributed by atoms with Gasteiger partial charge in [0.15, 0.2) is 6.54 Å². The summed E-state index contributed by atoms with van der Waals surface area (Å²) in [6.07, 6.45) is 0. The summed E-state index contributed by atoms with van der Waals surface area (Å²) in [5.74, 6) is 0.0223. The Kier molecular flexibility index (Phi) is 6.70. The number of nitrogens with two attached hydrogens (primary N) is 1. The van der Waals surface area contributed by atoms with E-state index in [9.17, 15) is 4.79 Å². The second-order valence-electron chi connectivity index (χ2n) is 7.17. The molecule has 4 heteroatoms. The molecule has 150 valence electrons.